The van der Waals surface area contributed by atoms with E-state index in [9.17, 15) is 4.79 Å². The number of thiophene rings is 1. The monoisotopic (exact) mass is 361 g/mol. The second kappa shape index (κ2) is 7.46. The fraction of sp³-hybridized carbons (Fsp3) is 0.261. The van der Waals surface area contributed by atoms with Crippen LogP contribution in [0, 0.1) is 0 Å². The standard InChI is InChI=1S/C23H23NOS/c25-22(23(15-7-8-16-23)21-14-9-17-26-21)24(20-12-5-2-6-13-20)18-19-10-3-1-4-11-19/h1-6,9-14,17H,7-8,15-16,18H2. The summed E-state index contributed by atoms with van der Waals surface area (Å²) in [6.45, 7) is 0.608. The SMILES string of the molecule is O=C(N(Cc1ccccc1)c1ccccc1)C1(c2cccs2)CCCC1. The molecule has 132 valence electrons. The van der Waals surface area contributed by atoms with Crippen LogP contribution in [0.3, 0.4) is 0 Å². The molecule has 2 aromatic carbocycles. The summed E-state index contributed by atoms with van der Waals surface area (Å²) in [5, 5.41) is 2.09. The van der Waals surface area contributed by atoms with Gasteiger partial charge >= 0.3 is 0 Å². The molecule has 0 unspecified atom stereocenters. The highest BCUT2D eigenvalue weighted by Crippen LogP contribution is 2.45. The molecule has 1 aliphatic carbocycles. The van der Waals surface area contributed by atoms with Crippen molar-refractivity contribution in [3.63, 3.8) is 0 Å². The first-order valence-electron chi connectivity index (χ1n) is 9.24. The third kappa shape index (κ3) is 3.19. The lowest BCUT2D eigenvalue weighted by molar-refractivity contribution is -0.124. The van der Waals surface area contributed by atoms with Crippen LogP contribution in [-0.4, -0.2) is 5.91 Å². The van der Waals surface area contributed by atoms with Crippen molar-refractivity contribution in [2.45, 2.75) is 37.6 Å². The van der Waals surface area contributed by atoms with Crippen molar-refractivity contribution >= 4 is 22.9 Å². The number of amides is 1. The molecule has 2 nitrogen and oxygen atoms in total. The molecule has 1 heterocycles. The molecule has 1 saturated carbocycles. The Bertz CT molecular complexity index is 836. The van der Waals surface area contributed by atoms with Gasteiger partial charge in [0.2, 0.25) is 5.91 Å². The van der Waals surface area contributed by atoms with Crippen molar-refractivity contribution in [3.05, 3.63) is 88.6 Å². The van der Waals surface area contributed by atoms with E-state index < -0.39 is 0 Å². The van der Waals surface area contributed by atoms with Crippen molar-refractivity contribution in [2.24, 2.45) is 0 Å². The van der Waals surface area contributed by atoms with Gasteiger partial charge < -0.3 is 4.90 Å². The van der Waals surface area contributed by atoms with Gasteiger partial charge in [0, 0.05) is 10.6 Å². The highest BCUT2D eigenvalue weighted by atomic mass is 32.1. The highest BCUT2D eigenvalue weighted by molar-refractivity contribution is 7.10. The zero-order chi connectivity index (χ0) is 17.8. The van der Waals surface area contributed by atoms with Gasteiger partial charge in [0.05, 0.1) is 12.0 Å². The first kappa shape index (κ1) is 17.0. The molecule has 26 heavy (non-hydrogen) atoms. The first-order valence-corrected chi connectivity index (χ1v) is 10.1. The maximum absolute atomic E-state index is 13.9. The lowest BCUT2D eigenvalue weighted by atomic mass is 9.82. The van der Waals surface area contributed by atoms with Gasteiger partial charge in [0.25, 0.3) is 0 Å². The summed E-state index contributed by atoms with van der Waals surface area (Å²) in [6, 6.07) is 24.6. The van der Waals surface area contributed by atoms with Gasteiger partial charge in [0.1, 0.15) is 0 Å². The fourth-order valence-corrected chi connectivity index (χ4v) is 4.99. The number of nitrogens with zero attached hydrogens (tertiary/aromatic N) is 1. The zero-order valence-corrected chi connectivity index (χ0v) is 15.6. The molecule has 4 rings (SSSR count). The van der Waals surface area contributed by atoms with Crippen LogP contribution in [0.1, 0.15) is 36.1 Å². The number of benzene rings is 2. The molecule has 0 N–H and O–H groups in total. The predicted molar refractivity (Wildman–Crippen MR) is 109 cm³/mol. The molecule has 1 amide bonds. The van der Waals surface area contributed by atoms with E-state index in [1.807, 2.05) is 53.4 Å². The number of hydrogen-bond acceptors (Lipinski definition) is 2. The summed E-state index contributed by atoms with van der Waals surface area (Å²) in [5.74, 6) is 0.243. The van der Waals surface area contributed by atoms with Gasteiger partial charge in [-0.1, -0.05) is 67.4 Å². The predicted octanol–water partition coefficient (Wildman–Crippen LogP) is 5.79. The topological polar surface area (TPSA) is 20.3 Å². The second-order valence-corrected chi connectivity index (χ2v) is 7.93. The van der Waals surface area contributed by atoms with E-state index in [0.29, 0.717) is 6.54 Å². The van der Waals surface area contributed by atoms with E-state index in [2.05, 4.69) is 29.6 Å². The maximum atomic E-state index is 13.9. The summed E-state index contributed by atoms with van der Waals surface area (Å²) in [6.07, 6.45) is 4.14. The molecule has 1 fully saturated rings. The average Bonchev–Trinajstić information content (AvgIpc) is 3.39. The van der Waals surface area contributed by atoms with Crippen molar-refractivity contribution < 1.29 is 4.79 Å². The van der Waals surface area contributed by atoms with Crippen LogP contribution in [0.2, 0.25) is 0 Å². The van der Waals surface area contributed by atoms with Crippen LogP contribution in [0.15, 0.2) is 78.2 Å². The van der Waals surface area contributed by atoms with E-state index in [1.165, 1.54) is 4.88 Å². The lowest BCUT2D eigenvalue weighted by Gasteiger charge is -2.34. The van der Waals surface area contributed by atoms with E-state index in [-0.39, 0.29) is 11.3 Å². The number of para-hydroxylation sites is 1. The minimum atomic E-state index is -0.362. The van der Waals surface area contributed by atoms with E-state index in [0.717, 1.165) is 36.9 Å². The number of carbonyl (C=O) groups excluding carboxylic acids is 1. The minimum absolute atomic E-state index is 0.243. The molecule has 1 aliphatic rings. The molecule has 3 aromatic rings. The average molecular weight is 362 g/mol. The fourth-order valence-electron chi connectivity index (χ4n) is 4.01. The van der Waals surface area contributed by atoms with Crippen LogP contribution in [0.25, 0.3) is 0 Å². The van der Waals surface area contributed by atoms with Crippen LogP contribution in [0.5, 0.6) is 0 Å². The Morgan fingerprint density at radius 3 is 2.15 bits per heavy atom. The summed E-state index contributed by atoms with van der Waals surface area (Å²) < 4.78 is 0. The summed E-state index contributed by atoms with van der Waals surface area (Å²) in [5.41, 5.74) is 1.77. The van der Waals surface area contributed by atoms with E-state index in [1.54, 1.807) is 11.3 Å². The van der Waals surface area contributed by atoms with Crippen LogP contribution >= 0.6 is 11.3 Å². The molecule has 0 saturated heterocycles. The number of anilines is 1. The highest BCUT2D eigenvalue weighted by Gasteiger charge is 2.46. The van der Waals surface area contributed by atoms with E-state index >= 15 is 0 Å². The Labute approximate surface area is 159 Å². The van der Waals surface area contributed by atoms with Crippen LogP contribution in [-0.2, 0) is 16.8 Å². The summed E-state index contributed by atoms with van der Waals surface area (Å²) in [7, 11) is 0. The van der Waals surface area contributed by atoms with Gasteiger partial charge in [-0.25, -0.2) is 0 Å². The number of carbonyl (C=O) groups is 1. The Hall–Kier alpha value is -2.39. The molecule has 0 bridgehead atoms. The minimum Gasteiger partial charge on any atom is -0.307 e. The number of rotatable bonds is 5. The quantitative estimate of drug-likeness (QED) is 0.563. The van der Waals surface area contributed by atoms with Crippen LogP contribution in [0.4, 0.5) is 5.69 Å². The largest absolute Gasteiger partial charge is 0.307 e. The smallest absolute Gasteiger partial charge is 0.238 e. The van der Waals surface area contributed by atoms with Gasteiger partial charge in [0.15, 0.2) is 0 Å². The van der Waals surface area contributed by atoms with Crippen molar-refractivity contribution in [1.82, 2.24) is 0 Å². The normalized spacial score (nSPS) is 15.7. The Balaban J connectivity index is 1.74. The molecule has 0 radical (unpaired) electrons. The Kier molecular flexibility index (Phi) is 4.89. The molecular formula is C23H23NOS. The van der Waals surface area contributed by atoms with Crippen LogP contribution < -0.4 is 4.90 Å². The molecule has 0 aliphatic heterocycles. The molecule has 0 spiro atoms. The molecule has 1 aromatic heterocycles. The van der Waals surface area contributed by atoms with Crippen molar-refractivity contribution in [1.29, 1.82) is 0 Å². The number of hydrogen-bond donors (Lipinski definition) is 0. The zero-order valence-electron chi connectivity index (χ0n) is 14.8. The van der Waals surface area contributed by atoms with Gasteiger partial charge in [-0.3, -0.25) is 4.79 Å². The van der Waals surface area contributed by atoms with E-state index in [4.69, 9.17) is 0 Å². The molecule has 3 heteroatoms. The first-order chi connectivity index (χ1) is 12.8. The third-order valence-electron chi connectivity index (χ3n) is 5.36. The second-order valence-electron chi connectivity index (χ2n) is 6.98. The van der Waals surface area contributed by atoms with Gasteiger partial charge in [-0.2, -0.15) is 0 Å². The Morgan fingerprint density at radius 2 is 1.54 bits per heavy atom. The van der Waals surface area contributed by atoms with Gasteiger partial charge in [-0.05, 0) is 42.0 Å². The molecule has 0 atom stereocenters. The summed E-state index contributed by atoms with van der Waals surface area (Å²) in [4.78, 5) is 17.1. The maximum Gasteiger partial charge on any atom is 0.238 e. The lowest BCUT2D eigenvalue weighted by Crippen LogP contribution is -2.45. The van der Waals surface area contributed by atoms with Crippen molar-refractivity contribution in [3.8, 4) is 0 Å². The third-order valence-corrected chi connectivity index (χ3v) is 6.43. The van der Waals surface area contributed by atoms with Gasteiger partial charge in [-0.15, -0.1) is 11.3 Å². The Morgan fingerprint density at radius 1 is 0.885 bits per heavy atom. The van der Waals surface area contributed by atoms with Crippen molar-refractivity contribution in [2.75, 3.05) is 4.90 Å². The molecular weight excluding hydrogens is 338 g/mol. The summed E-state index contributed by atoms with van der Waals surface area (Å²) >= 11 is 1.72.